The van der Waals surface area contributed by atoms with E-state index in [0.29, 0.717) is 17.4 Å². The Kier molecular flexibility index (Phi) is 5.55. The molecule has 9 heteroatoms. The lowest BCUT2D eigenvalue weighted by Gasteiger charge is -2.12. The minimum absolute atomic E-state index is 0.0150. The first-order valence-corrected chi connectivity index (χ1v) is 8.78. The third-order valence-electron chi connectivity index (χ3n) is 3.77. The number of carboxylic acids is 1. The maximum Gasteiger partial charge on any atom is 0.294 e. The number of imide groups is 1. The summed E-state index contributed by atoms with van der Waals surface area (Å²) in [6.07, 6.45) is 1.26. The van der Waals surface area contributed by atoms with Crippen LogP contribution in [-0.4, -0.2) is 34.5 Å². The average molecular weight is 399 g/mol. The third kappa shape index (κ3) is 4.26. The molecule has 7 nitrogen and oxygen atoms in total. The van der Waals surface area contributed by atoms with Crippen LogP contribution in [0.2, 0.25) is 0 Å². The van der Waals surface area contributed by atoms with Gasteiger partial charge in [-0.25, -0.2) is 4.39 Å². The molecule has 1 aliphatic rings. The highest BCUT2D eigenvalue weighted by Gasteiger charge is 2.36. The van der Waals surface area contributed by atoms with E-state index in [4.69, 9.17) is 0 Å². The summed E-state index contributed by atoms with van der Waals surface area (Å²) >= 11 is 0.618. The van der Waals surface area contributed by atoms with Crippen molar-refractivity contribution in [1.29, 1.82) is 0 Å². The van der Waals surface area contributed by atoms with Gasteiger partial charge in [-0.15, -0.1) is 0 Å². The fourth-order valence-corrected chi connectivity index (χ4v) is 3.23. The second kappa shape index (κ2) is 8.05. The number of carboxylic acid groups (broad SMARTS) is 1. The van der Waals surface area contributed by atoms with E-state index in [9.17, 15) is 28.7 Å². The molecule has 0 saturated carbocycles. The third-order valence-corrected chi connectivity index (χ3v) is 4.68. The van der Waals surface area contributed by atoms with E-state index in [1.807, 2.05) is 0 Å². The summed E-state index contributed by atoms with van der Waals surface area (Å²) < 4.78 is 13.7. The maximum atomic E-state index is 13.7. The molecule has 0 bridgehead atoms. The number of rotatable bonds is 5. The Morgan fingerprint density at radius 2 is 1.79 bits per heavy atom. The first kappa shape index (κ1) is 19.3. The first-order valence-electron chi connectivity index (χ1n) is 7.96. The number of hydrogen-bond acceptors (Lipinski definition) is 6. The Morgan fingerprint density at radius 1 is 1.11 bits per heavy atom. The van der Waals surface area contributed by atoms with Gasteiger partial charge in [-0.2, -0.15) is 0 Å². The van der Waals surface area contributed by atoms with E-state index >= 15 is 0 Å². The SMILES string of the molecule is O=C(CN1C(=O)S/C(=C\c2ccccc2F)C1=O)Nc1ccc(C(=O)[O-])cc1. The van der Waals surface area contributed by atoms with Crippen molar-refractivity contribution < 1.29 is 28.7 Å². The molecule has 0 aromatic heterocycles. The largest absolute Gasteiger partial charge is 0.545 e. The monoisotopic (exact) mass is 399 g/mol. The Bertz CT molecular complexity index is 1000. The van der Waals surface area contributed by atoms with Crippen molar-refractivity contribution in [1.82, 2.24) is 4.90 Å². The molecular weight excluding hydrogens is 387 g/mol. The first-order chi connectivity index (χ1) is 13.3. The summed E-state index contributed by atoms with van der Waals surface area (Å²) in [5.74, 6) is -3.22. The van der Waals surface area contributed by atoms with Gasteiger partial charge in [-0.3, -0.25) is 19.3 Å². The molecule has 1 aliphatic heterocycles. The number of aromatic carboxylic acids is 1. The highest BCUT2D eigenvalue weighted by atomic mass is 32.2. The Hall–Kier alpha value is -3.46. The summed E-state index contributed by atoms with van der Waals surface area (Å²) in [5, 5.41) is 12.5. The standard InChI is InChI=1S/C19H13FN2O5S/c20-14-4-2-1-3-12(14)9-15-17(24)22(19(27)28-15)10-16(23)21-13-7-5-11(6-8-13)18(25)26/h1-9H,10H2,(H,21,23)(H,25,26)/p-1/b15-9-. The van der Waals surface area contributed by atoms with Gasteiger partial charge < -0.3 is 15.2 Å². The zero-order chi connectivity index (χ0) is 20.3. The summed E-state index contributed by atoms with van der Waals surface area (Å²) in [7, 11) is 0. The molecular formula is C19H12FN2O5S-. The molecule has 3 amide bonds. The van der Waals surface area contributed by atoms with Gasteiger partial charge in [-0.1, -0.05) is 30.3 Å². The van der Waals surface area contributed by atoms with E-state index in [-0.39, 0.29) is 16.0 Å². The molecule has 28 heavy (non-hydrogen) atoms. The highest BCUT2D eigenvalue weighted by molar-refractivity contribution is 8.18. The van der Waals surface area contributed by atoms with Crippen molar-refractivity contribution in [2.24, 2.45) is 0 Å². The maximum absolute atomic E-state index is 13.7. The fourth-order valence-electron chi connectivity index (χ4n) is 2.40. The molecule has 142 valence electrons. The Morgan fingerprint density at radius 3 is 2.43 bits per heavy atom. The van der Waals surface area contributed by atoms with Gasteiger partial charge in [0.2, 0.25) is 5.91 Å². The number of benzene rings is 2. The van der Waals surface area contributed by atoms with Gasteiger partial charge in [0.25, 0.3) is 11.1 Å². The Labute approximate surface area is 162 Å². The van der Waals surface area contributed by atoms with Crippen molar-refractivity contribution in [2.45, 2.75) is 0 Å². The van der Waals surface area contributed by atoms with Gasteiger partial charge >= 0.3 is 0 Å². The average Bonchev–Trinajstić information content (AvgIpc) is 2.91. The molecule has 1 heterocycles. The van der Waals surface area contributed by atoms with Crippen molar-refractivity contribution in [2.75, 3.05) is 11.9 Å². The van der Waals surface area contributed by atoms with Crippen LogP contribution in [0.1, 0.15) is 15.9 Å². The fraction of sp³-hybridized carbons (Fsp3) is 0.0526. The predicted octanol–water partition coefficient (Wildman–Crippen LogP) is 1.86. The molecule has 0 radical (unpaired) electrons. The molecule has 0 spiro atoms. The molecule has 1 N–H and O–H groups in total. The summed E-state index contributed by atoms with van der Waals surface area (Å²) in [6.45, 7) is -0.526. The van der Waals surface area contributed by atoms with E-state index in [1.165, 1.54) is 48.5 Å². The number of anilines is 1. The molecule has 0 unspecified atom stereocenters. The quantitative estimate of drug-likeness (QED) is 0.770. The second-order valence-corrected chi connectivity index (χ2v) is 6.70. The van der Waals surface area contributed by atoms with Crippen molar-refractivity contribution >= 4 is 46.5 Å². The van der Waals surface area contributed by atoms with Crippen LogP contribution in [0.4, 0.5) is 14.9 Å². The number of amides is 3. The van der Waals surface area contributed by atoms with E-state index < -0.39 is 35.4 Å². The molecule has 3 rings (SSSR count). The lowest BCUT2D eigenvalue weighted by atomic mass is 10.2. The molecule has 1 saturated heterocycles. The van der Waals surface area contributed by atoms with Crippen molar-refractivity contribution in [3.05, 3.63) is 70.4 Å². The number of halogens is 1. The number of carbonyl (C=O) groups excluding carboxylic acids is 4. The van der Waals surface area contributed by atoms with Crippen molar-refractivity contribution in [3.8, 4) is 0 Å². The van der Waals surface area contributed by atoms with Gasteiger partial charge in [-0.05, 0) is 41.6 Å². The molecule has 1 fully saturated rings. The minimum atomic E-state index is -1.35. The molecule has 0 atom stereocenters. The second-order valence-electron chi connectivity index (χ2n) is 5.70. The zero-order valence-corrected chi connectivity index (χ0v) is 15.0. The van der Waals surface area contributed by atoms with Crippen LogP contribution < -0.4 is 10.4 Å². The number of carbonyl (C=O) groups is 4. The van der Waals surface area contributed by atoms with Gasteiger partial charge in [0.1, 0.15) is 12.4 Å². The lowest BCUT2D eigenvalue weighted by Crippen LogP contribution is -2.36. The van der Waals surface area contributed by atoms with Crippen LogP contribution in [0.25, 0.3) is 6.08 Å². The number of hydrogen-bond donors (Lipinski definition) is 1. The van der Waals surface area contributed by atoms with Crippen LogP contribution >= 0.6 is 11.8 Å². The number of nitrogens with one attached hydrogen (secondary N) is 1. The zero-order valence-electron chi connectivity index (χ0n) is 14.2. The van der Waals surface area contributed by atoms with Crippen LogP contribution in [0.3, 0.4) is 0 Å². The summed E-state index contributed by atoms with van der Waals surface area (Å²) in [6, 6.07) is 11.0. The Balaban J connectivity index is 1.68. The smallest absolute Gasteiger partial charge is 0.294 e. The topological polar surface area (TPSA) is 107 Å². The summed E-state index contributed by atoms with van der Waals surface area (Å²) in [4.78, 5) is 48.0. The number of nitrogens with zero attached hydrogens (tertiary/aromatic N) is 1. The van der Waals surface area contributed by atoms with Crippen molar-refractivity contribution in [3.63, 3.8) is 0 Å². The lowest BCUT2D eigenvalue weighted by molar-refractivity contribution is -0.255. The van der Waals surface area contributed by atoms with E-state index in [1.54, 1.807) is 6.07 Å². The van der Waals surface area contributed by atoms with Crippen LogP contribution in [-0.2, 0) is 9.59 Å². The van der Waals surface area contributed by atoms with E-state index in [2.05, 4.69) is 5.32 Å². The minimum Gasteiger partial charge on any atom is -0.545 e. The van der Waals surface area contributed by atoms with E-state index in [0.717, 1.165) is 4.90 Å². The van der Waals surface area contributed by atoms with Gasteiger partial charge in [0, 0.05) is 11.3 Å². The van der Waals surface area contributed by atoms with Crippen LogP contribution in [0.15, 0.2) is 53.4 Å². The summed E-state index contributed by atoms with van der Waals surface area (Å²) in [5.41, 5.74) is 0.400. The normalized spacial score (nSPS) is 15.2. The number of thioether (sulfide) groups is 1. The predicted molar refractivity (Wildman–Crippen MR) is 98.5 cm³/mol. The molecule has 2 aromatic carbocycles. The molecule has 0 aliphatic carbocycles. The molecule has 2 aromatic rings. The van der Waals surface area contributed by atoms with Gasteiger partial charge in [0.05, 0.1) is 10.9 Å². The van der Waals surface area contributed by atoms with Crippen LogP contribution in [0, 0.1) is 5.82 Å². The van der Waals surface area contributed by atoms with Gasteiger partial charge in [0.15, 0.2) is 0 Å². The highest BCUT2D eigenvalue weighted by Crippen LogP contribution is 2.32. The van der Waals surface area contributed by atoms with Crippen LogP contribution in [0.5, 0.6) is 0 Å².